The molecule has 21 heavy (non-hydrogen) atoms. The number of benzene rings is 2. The molecule has 0 unspecified atom stereocenters. The Morgan fingerprint density at radius 2 is 1.86 bits per heavy atom. The van der Waals surface area contributed by atoms with Crippen molar-refractivity contribution in [3.8, 4) is 17.2 Å². The van der Waals surface area contributed by atoms with E-state index in [0.29, 0.717) is 32.9 Å². The van der Waals surface area contributed by atoms with Crippen LogP contribution in [-0.4, -0.2) is 19.2 Å². The van der Waals surface area contributed by atoms with Crippen LogP contribution in [0.25, 0.3) is 0 Å². The molecule has 1 heterocycles. The van der Waals surface area contributed by atoms with Crippen molar-refractivity contribution in [1.82, 2.24) is 0 Å². The van der Waals surface area contributed by atoms with Gasteiger partial charge < -0.3 is 14.2 Å². The molecule has 2 aromatic carbocycles. The van der Waals surface area contributed by atoms with Gasteiger partial charge in [-0.15, -0.1) is 0 Å². The fourth-order valence-corrected chi connectivity index (χ4v) is 2.17. The summed E-state index contributed by atoms with van der Waals surface area (Å²) >= 11 is 11.7. The van der Waals surface area contributed by atoms with Crippen molar-refractivity contribution >= 4 is 29.0 Å². The van der Waals surface area contributed by atoms with Crippen LogP contribution in [0.3, 0.4) is 0 Å². The van der Waals surface area contributed by atoms with Crippen LogP contribution in [0.1, 0.15) is 10.4 Å². The first-order valence-corrected chi connectivity index (χ1v) is 6.90. The van der Waals surface area contributed by atoms with E-state index in [2.05, 4.69) is 0 Å². The summed E-state index contributed by atoms with van der Waals surface area (Å²) in [4.78, 5) is 12.0. The monoisotopic (exact) mass is 324 g/mol. The van der Waals surface area contributed by atoms with Gasteiger partial charge in [-0.1, -0.05) is 23.2 Å². The van der Waals surface area contributed by atoms with E-state index in [-0.39, 0.29) is 19.2 Å². The molecular weight excluding hydrogens is 315 g/mol. The topological polar surface area (TPSA) is 44.8 Å². The predicted molar refractivity (Wildman–Crippen MR) is 78.9 cm³/mol. The quantitative estimate of drug-likeness (QED) is 0.798. The number of Topliss-reactive ketones (excluding diaryl/α,β-unsaturated/α-hetero) is 1. The number of rotatable bonds is 4. The van der Waals surface area contributed by atoms with E-state index in [9.17, 15) is 4.79 Å². The van der Waals surface area contributed by atoms with Crippen LogP contribution in [0, 0.1) is 0 Å². The number of hydrogen-bond acceptors (Lipinski definition) is 4. The first kappa shape index (κ1) is 14.0. The van der Waals surface area contributed by atoms with Crippen molar-refractivity contribution < 1.29 is 19.0 Å². The summed E-state index contributed by atoms with van der Waals surface area (Å²) in [7, 11) is 0. The van der Waals surface area contributed by atoms with Crippen molar-refractivity contribution in [3.63, 3.8) is 0 Å². The Bertz CT molecular complexity index is 700. The largest absolute Gasteiger partial charge is 0.485 e. The molecule has 0 radical (unpaired) electrons. The minimum Gasteiger partial charge on any atom is -0.485 e. The molecule has 1 aliphatic rings. The van der Waals surface area contributed by atoms with Gasteiger partial charge in [0, 0.05) is 11.6 Å². The van der Waals surface area contributed by atoms with Crippen LogP contribution in [0.2, 0.25) is 10.0 Å². The highest BCUT2D eigenvalue weighted by Crippen LogP contribution is 2.35. The highest BCUT2D eigenvalue weighted by molar-refractivity contribution is 6.42. The molecule has 0 amide bonds. The normalized spacial score (nSPS) is 12.3. The Labute approximate surface area is 131 Å². The summed E-state index contributed by atoms with van der Waals surface area (Å²) < 4.78 is 15.9. The number of ketones is 1. The van der Waals surface area contributed by atoms with E-state index in [4.69, 9.17) is 37.4 Å². The van der Waals surface area contributed by atoms with Crippen molar-refractivity contribution in [2.75, 3.05) is 13.4 Å². The third-order valence-electron chi connectivity index (χ3n) is 2.96. The third kappa shape index (κ3) is 3.06. The van der Waals surface area contributed by atoms with Crippen molar-refractivity contribution in [1.29, 1.82) is 0 Å². The number of halogens is 2. The highest BCUT2D eigenvalue weighted by atomic mass is 35.5. The van der Waals surface area contributed by atoms with Gasteiger partial charge in [0.15, 0.2) is 23.9 Å². The molecule has 108 valence electrons. The lowest BCUT2D eigenvalue weighted by Crippen LogP contribution is -2.11. The predicted octanol–water partition coefficient (Wildman–Crippen LogP) is 3.98. The maximum atomic E-state index is 12.0. The minimum atomic E-state index is -0.189. The minimum absolute atomic E-state index is 0.0996. The van der Waals surface area contributed by atoms with Crippen LogP contribution in [-0.2, 0) is 0 Å². The van der Waals surface area contributed by atoms with Crippen LogP contribution < -0.4 is 14.2 Å². The maximum absolute atomic E-state index is 12.0. The van der Waals surface area contributed by atoms with Gasteiger partial charge in [-0.05, 0) is 30.3 Å². The Hall–Kier alpha value is -1.91. The first-order chi connectivity index (χ1) is 10.1. The standard InChI is InChI=1S/C15H10Cl2O4/c16-11-3-1-9(5-12(11)17)13(18)7-19-10-2-4-14-15(6-10)21-8-20-14/h1-6H,7-8H2. The summed E-state index contributed by atoms with van der Waals surface area (Å²) in [5, 5.41) is 0.746. The van der Waals surface area contributed by atoms with Gasteiger partial charge in [-0.25, -0.2) is 0 Å². The van der Waals surface area contributed by atoms with E-state index in [0.717, 1.165) is 0 Å². The van der Waals surface area contributed by atoms with Gasteiger partial charge in [0.25, 0.3) is 0 Å². The molecular formula is C15H10Cl2O4. The molecule has 0 spiro atoms. The second-order valence-corrected chi connectivity index (χ2v) is 5.17. The Balaban J connectivity index is 1.67. The zero-order valence-electron chi connectivity index (χ0n) is 10.8. The smallest absolute Gasteiger partial charge is 0.231 e. The van der Waals surface area contributed by atoms with Crippen LogP contribution >= 0.6 is 23.2 Å². The van der Waals surface area contributed by atoms with Gasteiger partial charge in [-0.3, -0.25) is 4.79 Å². The zero-order valence-corrected chi connectivity index (χ0v) is 12.3. The summed E-state index contributed by atoms with van der Waals surface area (Å²) in [5.74, 6) is 1.62. The van der Waals surface area contributed by atoms with E-state index >= 15 is 0 Å². The highest BCUT2D eigenvalue weighted by Gasteiger charge is 2.15. The summed E-state index contributed by atoms with van der Waals surface area (Å²) in [5.41, 5.74) is 0.449. The van der Waals surface area contributed by atoms with Crippen LogP contribution in [0.15, 0.2) is 36.4 Å². The second kappa shape index (κ2) is 5.84. The molecule has 6 heteroatoms. The number of hydrogen-bond donors (Lipinski definition) is 0. The first-order valence-electron chi connectivity index (χ1n) is 6.14. The second-order valence-electron chi connectivity index (χ2n) is 4.36. The molecule has 0 saturated heterocycles. The average molecular weight is 325 g/mol. The van der Waals surface area contributed by atoms with Crippen LogP contribution in [0.5, 0.6) is 17.2 Å². The lowest BCUT2D eigenvalue weighted by molar-refractivity contribution is 0.0921. The molecule has 0 saturated carbocycles. The van der Waals surface area contributed by atoms with Gasteiger partial charge in [-0.2, -0.15) is 0 Å². The molecule has 0 atom stereocenters. The van der Waals surface area contributed by atoms with Gasteiger partial charge in [0.05, 0.1) is 10.0 Å². The summed E-state index contributed by atoms with van der Waals surface area (Å²) in [6.45, 7) is 0.0958. The van der Waals surface area contributed by atoms with E-state index in [1.165, 1.54) is 6.07 Å². The average Bonchev–Trinajstić information content (AvgIpc) is 2.95. The molecule has 3 rings (SSSR count). The van der Waals surface area contributed by atoms with Crippen molar-refractivity contribution in [2.24, 2.45) is 0 Å². The third-order valence-corrected chi connectivity index (χ3v) is 3.69. The Kier molecular flexibility index (Phi) is 3.90. The number of carbonyl (C=O) groups is 1. The molecule has 0 fully saturated rings. The van der Waals surface area contributed by atoms with Gasteiger partial charge >= 0.3 is 0 Å². The maximum Gasteiger partial charge on any atom is 0.231 e. The Morgan fingerprint density at radius 1 is 1.05 bits per heavy atom. The molecule has 4 nitrogen and oxygen atoms in total. The molecule has 2 aromatic rings. The molecule has 0 aromatic heterocycles. The van der Waals surface area contributed by atoms with Gasteiger partial charge in [0.1, 0.15) is 5.75 Å². The summed E-state index contributed by atoms with van der Waals surface area (Å²) in [6.07, 6.45) is 0. The number of carbonyl (C=O) groups excluding carboxylic acids is 1. The molecule has 0 N–H and O–H groups in total. The zero-order chi connectivity index (χ0) is 14.8. The fourth-order valence-electron chi connectivity index (χ4n) is 1.87. The molecule has 1 aliphatic heterocycles. The van der Waals surface area contributed by atoms with E-state index in [1.807, 2.05) is 0 Å². The van der Waals surface area contributed by atoms with Gasteiger partial charge in [0.2, 0.25) is 6.79 Å². The van der Waals surface area contributed by atoms with Crippen LogP contribution in [0.4, 0.5) is 0 Å². The fraction of sp³-hybridized carbons (Fsp3) is 0.133. The number of fused-ring (bicyclic) bond motifs is 1. The van der Waals surface area contributed by atoms with Crippen molar-refractivity contribution in [3.05, 3.63) is 52.0 Å². The van der Waals surface area contributed by atoms with Crippen molar-refractivity contribution in [2.45, 2.75) is 0 Å². The Morgan fingerprint density at radius 3 is 2.67 bits per heavy atom. The lowest BCUT2D eigenvalue weighted by atomic mass is 10.1. The van der Waals surface area contributed by atoms with E-state index in [1.54, 1.807) is 30.3 Å². The van der Waals surface area contributed by atoms with E-state index < -0.39 is 0 Å². The SMILES string of the molecule is O=C(COc1ccc2c(c1)OCO2)c1ccc(Cl)c(Cl)c1. The molecule has 0 aliphatic carbocycles. The lowest BCUT2D eigenvalue weighted by Gasteiger charge is -2.07. The molecule has 0 bridgehead atoms. The summed E-state index contributed by atoms with van der Waals surface area (Å²) in [6, 6.07) is 9.86. The number of ether oxygens (including phenoxy) is 3.